The minimum Gasteiger partial charge on any atom is -0.469 e. The lowest BCUT2D eigenvalue weighted by Crippen LogP contribution is -2.39. The van der Waals surface area contributed by atoms with Crippen molar-refractivity contribution in [3.05, 3.63) is 23.9 Å². The molecule has 1 fully saturated rings. The predicted molar refractivity (Wildman–Crippen MR) is 65.7 cm³/mol. The van der Waals surface area contributed by atoms with Crippen molar-refractivity contribution in [2.45, 2.75) is 44.6 Å². The van der Waals surface area contributed by atoms with E-state index in [9.17, 15) is 0 Å². The van der Waals surface area contributed by atoms with Gasteiger partial charge < -0.3 is 14.7 Å². The van der Waals surface area contributed by atoms with E-state index >= 15 is 0 Å². The summed E-state index contributed by atoms with van der Waals surface area (Å²) in [6.07, 6.45) is 6.97. The Morgan fingerprint density at radius 3 is 2.72 bits per heavy atom. The Morgan fingerprint density at radius 2 is 2.06 bits per heavy atom. The van der Waals surface area contributed by atoms with Crippen molar-refractivity contribution in [3.8, 4) is 11.5 Å². The molecule has 0 radical (unpaired) electrons. The van der Waals surface area contributed by atoms with Crippen LogP contribution in [0.4, 0.5) is 0 Å². The SMILES string of the molecule is Cc1occc1-c1nc(C2(N)CCCCC2)no1. The number of aryl methyl sites for hydroxylation is 1. The van der Waals surface area contributed by atoms with Crippen molar-refractivity contribution < 1.29 is 8.94 Å². The summed E-state index contributed by atoms with van der Waals surface area (Å²) in [7, 11) is 0. The number of nitrogens with zero attached hydrogens (tertiary/aromatic N) is 2. The fourth-order valence-electron chi connectivity index (χ4n) is 2.55. The normalized spacial score (nSPS) is 19.0. The van der Waals surface area contributed by atoms with Crippen LogP contribution in [0, 0.1) is 6.92 Å². The molecule has 3 rings (SSSR count). The molecule has 18 heavy (non-hydrogen) atoms. The maximum atomic E-state index is 6.38. The van der Waals surface area contributed by atoms with Gasteiger partial charge in [-0.1, -0.05) is 24.4 Å². The lowest BCUT2D eigenvalue weighted by atomic mass is 9.82. The summed E-state index contributed by atoms with van der Waals surface area (Å²) in [6.45, 7) is 1.87. The van der Waals surface area contributed by atoms with Crippen LogP contribution < -0.4 is 5.73 Å². The molecule has 5 nitrogen and oxygen atoms in total. The van der Waals surface area contributed by atoms with E-state index in [0.717, 1.165) is 37.0 Å². The molecular formula is C13H17N3O2. The Bertz CT molecular complexity index is 538. The van der Waals surface area contributed by atoms with Crippen LogP contribution in [-0.2, 0) is 5.54 Å². The summed E-state index contributed by atoms with van der Waals surface area (Å²) in [5, 5.41) is 4.06. The highest BCUT2D eigenvalue weighted by Gasteiger charge is 2.34. The maximum Gasteiger partial charge on any atom is 0.261 e. The second-order valence-electron chi connectivity index (χ2n) is 5.03. The van der Waals surface area contributed by atoms with E-state index in [4.69, 9.17) is 14.7 Å². The Morgan fingerprint density at radius 1 is 1.28 bits per heavy atom. The molecule has 1 aliphatic carbocycles. The summed E-state index contributed by atoms with van der Waals surface area (Å²) in [5.74, 6) is 1.89. The standard InChI is InChI=1S/C13H17N3O2/c1-9-10(5-8-17-9)11-15-12(16-18-11)13(14)6-3-2-4-7-13/h5,8H,2-4,6-7,14H2,1H3. The van der Waals surface area contributed by atoms with Crippen molar-refractivity contribution in [3.63, 3.8) is 0 Å². The number of aromatic nitrogens is 2. The second-order valence-corrected chi connectivity index (χ2v) is 5.03. The average Bonchev–Trinajstić information content (AvgIpc) is 2.98. The molecule has 0 bridgehead atoms. The molecule has 96 valence electrons. The highest BCUT2D eigenvalue weighted by atomic mass is 16.5. The summed E-state index contributed by atoms with van der Waals surface area (Å²) in [4.78, 5) is 4.45. The van der Waals surface area contributed by atoms with Gasteiger partial charge in [-0.3, -0.25) is 0 Å². The molecule has 5 heteroatoms. The van der Waals surface area contributed by atoms with Crippen molar-refractivity contribution in [2.75, 3.05) is 0 Å². The van der Waals surface area contributed by atoms with Gasteiger partial charge in [-0.25, -0.2) is 0 Å². The van der Waals surface area contributed by atoms with E-state index in [0.29, 0.717) is 11.7 Å². The molecule has 1 saturated carbocycles. The van der Waals surface area contributed by atoms with Gasteiger partial charge >= 0.3 is 0 Å². The summed E-state index contributed by atoms with van der Waals surface area (Å²) < 4.78 is 10.5. The van der Waals surface area contributed by atoms with Crippen LogP contribution in [0.1, 0.15) is 43.7 Å². The van der Waals surface area contributed by atoms with Gasteiger partial charge in [0.15, 0.2) is 5.82 Å². The molecule has 0 aliphatic heterocycles. The molecule has 0 aromatic carbocycles. The van der Waals surface area contributed by atoms with E-state index in [2.05, 4.69) is 10.1 Å². The Balaban J connectivity index is 1.92. The van der Waals surface area contributed by atoms with Gasteiger partial charge in [-0.05, 0) is 25.8 Å². The number of rotatable bonds is 2. The van der Waals surface area contributed by atoms with Crippen molar-refractivity contribution in [1.82, 2.24) is 10.1 Å². The van der Waals surface area contributed by atoms with E-state index < -0.39 is 5.54 Å². The lowest BCUT2D eigenvalue weighted by molar-refractivity contribution is 0.275. The first kappa shape index (κ1) is 11.5. The Kier molecular flexibility index (Phi) is 2.70. The number of nitrogens with two attached hydrogens (primary N) is 1. The van der Waals surface area contributed by atoms with E-state index in [-0.39, 0.29) is 0 Å². The van der Waals surface area contributed by atoms with Gasteiger partial charge in [0.2, 0.25) is 0 Å². The molecule has 0 atom stereocenters. The highest BCUT2D eigenvalue weighted by molar-refractivity contribution is 5.54. The van der Waals surface area contributed by atoms with Crippen LogP contribution in [0.25, 0.3) is 11.5 Å². The van der Waals surface area contributed by atoms with Crippen molar-refractivity contribution in [1.29, 1.82) is 0 Å². The number of furan rings is 1. The Hall–Kier alpha value is -1.62. The fourth-order valence-corrected chi connectivity index (χ4v) is 2.55. The topological polar surface area (TPSA) is 78.1 Å². The maximum absolute atomic E-state index is 6.38. The quantitative estimate of drug-likeness (QED) is 0.882. The summed E-state index contributed by atoms with van der Waals surface area (Å²) >= 11 is 0. The molecule has 2 N–H and O–H groups in total. The van der Waals surface area contributed by atoms with Crippen molar-refractivity contribution in [2.24, 2.45) is 5.73 Å². The largest absolute Gasteiger partial charge is 0.469 e. The zero-order valence-corrected chi connectivity index (χ0v) is 10.5. The first-order valence-corrected chi connectivity index (χ1v) is 6.37. The summed E-state index contributed by atoms with van der Waals surface area (Å²) in [5.41, 5.74) is 6.80. The first-order valence-electron chi connectivity index (χ1n) is 6.37. The smallest absolute Gasteiger partial charge is 0.261 e. The molecule has 0 amide bonds. The lowest BCUT2D eigenvalue weighted by Gasteiger charge is -2.29. The molecular weight excluding hydrogens is 230 g/mol. The molecule has 0 unspecified atom stereocenters. The van der Waals surface area contributed by atoms with Crippen LogP contribution in [0.5, 0.6) is 0 Å². The van der Waals surface area contributed by atoms with Crippen molar-refractivity contribution >= 4 is 0 Å². The third-order valence-corrected chi connectivity index (χ3v) is 3.71. The van der Waals surface area contributed by atoms with Gasteiger partial charge in [0.25, 0.3) is 5.89 Å². The molecule has 2 aromatic rings. The van der Waals surface area contributed by atoms with E-state index in [1.54, 1.807) is 6.26 Å². The minimum absolute atomic E-state index is 0.419. The zero-order valence-electron chi connectivity index (χ0n) is 10.5. The first-order chi connectivity index (χ1) is 8.69. The average molecular weight is 247 g/mol. The molecule has 0 spiro atoms. The van der Waals surface area contributed by atoms with Gasteiger partial charge in [0, 0.05) is 0 Å². The second kappa shape index (κ2) is 4.24. The number of hydrogen-bond donors (Lipinski definition) is 1. The zero-order chi connectivity index (χ0) is 12.6. The van der Waals surface area contributed by atoms with Crippen LogP contribution in [0.2, 0.25) is 0 Å². The molecule has 2 aromatic heterocycles. The van der Waals surface area contributed by atoms with Gasteiger partial charge in [0.05, 0.1) is 17.4 Å². The van der Waals surface area contributed by atoms with E-state index in [1.165, 1.54) is 6.42 Å². The van der Waals surface area contributed by atoms with E-state index in [1.807, 2.05) is 13.0 Å². The monoisotopic (exact) mass is 247 g/mol. The number of hydrogen-bond acceptors (Lipinski definition) is 5. The minimum atomic E-state index is -0.419. The summed E-state index contributed by atoms with van der Waals surface area (Å²) in [6, 6.07) is 1.83. The molecule has 2 heterocycles. The van der Waals surface area contributed by atoms with Crippen LogP contribution in [0.3, 0.4) is 0 Å². The van der Waals surface area contributed by atoms with Crippen LogP contribution in [-0.4, -0.2) is 10.1 Å². The fraction of sp³-hybridized carbons (Fsp3) is 0.538. The Labute approximate surface area is 105 Å². The molecule has 0 saturated heterocycles. The van der Waals surface area contributed by atoms with Gasteiger partial charge in [-0.2, -0.15) is 4.98 Å². The predicted octanol–water partition coefficient (Wildman–Crippen LogP) is 2.76. The third kappa shape index (κ3) is 1.84. The van der Waals surface area contributed by atoms with Gasteiger partial charge in [0.1, 0.15) is 5.76 Å². The third-order valence-electron chi connectivity index (χ3n) is 3.71. The highest BCUT2D eigenvalue weighted by Crippen LogP contribution is 2.34. The molecule has 1 aliphatic rings. The van der Waals surface area contributed by atoms with Crippen LogP contribution >= 0.6 is 0 Å². The van der Waals surface area contributed by atoms with Crippen LogP contribution in [0.15, 0.2) is 21.3 Å². The van der Waals surface area contributed by atoms with Gasteiger partial charge in [-0.15, -0.1) is 0 Å².